The quantitative estimate of drug-likeness (QED) is 0.312. The fourth-order valence-corrected chi connectivity index (χ4v) is 0.742. The number of carbonyl (C=O) groups is 1. The molecule has 0 radical (unpaired) electrons. The SMILES string of the molecule is O=C(O)Cn1ccnc1[N+](=O)[O-].[Na+]. The molecule has 1 heterocycles. The van der Waals surface area contributed by atoms with E-state index in [0.717, 1.165) is 4.57 Å². The van der Waals surface area contributed by atoms with Crippen LogP contribution in [0.2, 0.25) is 0 Å². The van der Waals surface area contributed by atoms with Crippen LogP contribution in [-0.4, -0.2) is 25.6 Å². The van der Waals surface area contributed by atoms with Crippen LogP contribution in [0.5, 0.6) is 0 Å². The van der Waals surface area contributed by atoms with Crippen LogP contribution in [0.4, 0.5) is 5.95 Å². The Bertz CT molecular complexity index is 323. The molecule has 1 N–H and O–H groups in total. The maximum absolute atomic E-state index is 10.2. The second-order valence-electron chi connectivity index (χ2n) is 2.01. The fraction of sp³-hybridized carbons (Fsp3) is 0.200. The maximum atomic E-state index is 10.2. The van der Waals surface area contributed by atoms with Crippen molar-refractivity contribution >= 4 is 11.9 Å². The Morgan fingerprint density at radius 3 is 2.85 bits per heavy atom. The molecule has 0 saturated heterocycles. The zero-order valence-electron chi connectivity index (χ0n) is 6.88. The van der Waals surface area contributed by atoms with Gasteiger partial charge in [0.15, 0.2) is 6.54 Å². The van der Waals surface area contributed by atoms with Gasteiger partial charge >= 0.3 is 41.5 Å². The molecule has 1 aromatic heterocycles. The second kappa shape index (κ2) is 4.95. The standard InChI is InChI=1S/C5H5N3O4.Na/c9-4(10)3-7-2-1-6-5(7)8(11)12;/h1-2H,3H2,(H,9,10);/q;+1. The summed E-state index contributed by atoms with van der Waals surface area (Å²) in [6, 6.07) is 0. The van der Waals surface area contributed by atoms with Crippen LogP contribution < -0.4 is 29.6 Å². The van der Waals surface area contributed by atoms with Gasteiger partial charge < -0.3 is 15.2 Å². The van der Waals surface area contributed by atoms with Crippen LogP contribution in [0.3, 0.4) is 0 Å². The number of hydrogen-bond donors (Lipinski definition) is 1. The largest absolute Gasteiger partial charge is 1.00 e. The van der Waals surface area contributed by atoms with Gasteiger partial charge in [-0.05, 0) is 4.92 Å². The summed E-state index contributed by atoms with van der Waals surface area (Å²) >= 11 is 0. The molecule has 1 aromatic rings. The molecule has 7 nitrogen and oxygen atoms in total. The molecule has 13 heavy (non-hydrogen) atoms. The Labute approximate surface area is 94.8 Å². The molecule has 0 atom stereocenters. The van der Waals surface area contributed by atoms with E-state index in [9.17, 15) is 14.9 Å². The summed E-state index contributed by atoms with van der Waals surface area (Å²) in [7, 11) is 0. The van der Waals surface area contributed by atoms with Crippen molar-refractivity contribution in [2.75, 3.05) is 0 Å². The molecule has 0 amide bonds. The Morgan fingerprint density at radius 1 is 1.77 bits per heavy atom. The summed E-state index contributed by atoms with van der Waals surface area (Å²) in [4.78, 5) is 23.0. The minimum Gasteiger partial charge on any atom is -0.479 e. The zero-order chi connectivity index (χ0) is 9.14. The number of carboxylic acids is 1. The predicted octanol–water partition coefficient (Wildman–Crippen LogP) is -3.12. The van der Waals surface area contributed by atoms with Crippen molar-refractivity contribution in [3.8, 4) is 0 Å². The molecule has 0 aliphatic rings. The van der Waals surface area contributed by atoms with E-state index >= 15 is 0 Å². The van der Waals surface area contributed by atoms with Crippen molar-refractivity contribution in [3.05, 3.63) is 22.5 Å². The normalized spacial score (nSPS) is 8.92. The van der Waals surface area contributed by atoms with E-state index in [2.05, 4.69) is 4.98 Å². The number of hydrogen-bond acceptors (Lipinski definition) is 4. The molecule has 8 heteroatoms. The van der Waals surface area contributed by atoms with Gasteiger partial charge in [-0.25, -0.2) is 9.36 Å². The monoisotopic (exact) mass is 194 g/mol. The van der Waals surface area contributed by atoms with Gasteiger partial charge in [-0.15, -0.1) is 0 Å². The van der Waals surface area contributed by atoms with Crippen molar-refractivity contribution in [2.45, 2.75) is 6.54 Å². The molecule has 64 valence electrons. The number of aliphatic carboxylic acids is 1. The Kier molecular flexibility index (Phi) is 4.60. The van der Waals surface area contributed by atoms with Crippen LogP contribution >= 0.6 is 0 Å². The summed E-state index contributed by atoms with van der Waals surface area (Å²) in [5.74, 6) is -1.60. The van der Waals surface area contributed by atoms with Crippen molar-refractivity contribution in [3.63, 3.8) is 0 Å². The van der Waals surface area contributed by atoms with E-state index in [1.54, 1.807) is 0 Å². The molecule has 0 aliphatic carbocycles. The molecule has 0 unspecified atom stereocenters. The predicted molar refractivity (Wildman–Crippen MR) is 36.5 cm³/mol. The van der Waals surface area contributed by atoms with Crippen LogP contribution in [0.15, 0.2) is 12.4 Å². The van der Waals surface area contributed by atoms with E-state index in [1.807, 2.05) is 0 Å². The maximum Gasteiger partial charge on any atom is 1.00 e. The summed E-state index contributed by atoms with van der Waals surface area (Å²) < 4.78 is 0.947. The Morgan fingerprint density at radius 2 is 2.38 bits per heavy atom. The Balaban J connectivity index is 0.00000144. The van der Waals surface area contributed by atoms with E-state index < -0.39 is 23.4 Å². The van der Waals surface area contributed by atoms with Gasteiger partial charge in [-0.3, -0.25) is 0 Å². The average Bonchev–Trinajstić information content (AvgIpc) is 2.33. The first-order valence-corrected chi connectivity index (χ1v) is 2.98. The minimum absolute atomic E-state index is 0. The number of nitro groups is 1. The Hall–Kier alpha value is -0.920. The molecule has 0 bridgehead atoms. The molecule has 0 fully saturated rings. The number of rotatable bonds is 3. The summed E-state index contributed by atoms with van der Waals surface area (Å²) in [5.41, 5.74) is 0. The third kappa shape index (κ3) is 3.13. The number of aromatic nitrogens is 2. The van der Waals surface area contributed by atoms with Gasteiger partial charge in [0.25, 0.3) is 0 Å². The summed E-state index contributed by atoms with van der Waals surface area (Å²) in [5, 5.41) is 18.5. The summed E-state index contributed by atoms with van der Waals surface area (Å²) in [6.07, 6.45) is 2.42. The van der Waals surface area contributed by atoms with E-state index in [0.29, 0.717) is 0 Å². The van der Waals surface area contributed by atoms with Crippen molar-refractivity contribution < 1.29 is 44.4 Å². The molecule has 1 rings (SSSR count). The number of carboxylic acid groups (broad SMARTS) is 1. The third-order valence-electron chi connectivity index (χ3n) is 1.16. The summed E-state index contributed by atoms with van der Waals surface area (Å²) in [6.45, 7) is -0.448. The van der Waals surface area contributed by atoms with Crippen LogP contribution in [0, 0.1) is 10.1 Å². The third-order valence-corrected chi connectivity index (χ3v) is 1.16. The molecule has 0 aliphatic heterocycles. The first-order chi connectivity index (χ1) is 5.61. The fourth-order valence-electron chi connectivity index (χ4n) is 0.742. The zero-order valence-corrected chi connectivity index (χ0v) is 8.88. The first kappa shape index (κ1) is 12.1. The molecular formula is C5H5N3NaO4+. The van der Waals surface area contributed by atoms with Crippen molar-refractivity contribution in [1.82, 2.24) is 9.55 Å². The topological polar surface area (TPSA) is 98.3 Å². The second-order valence-corrected chi connectivity index (χ2v) is 2.01. The van der Waals surface area contributed by atoms with Crippen LogP contribution in [-0.2, 0) is 11.3 Å². The van der Waals surface area contributed by atoms with Crippen LogP contribution in [0.25, 0.3) is 0 Å². The number of imidazole rings is 1. The molecular weight excluding hydrogens is 189 g/mol. The van der Waals surface area contributed by atoms with Crippen molar-refractivity contribution in [2.24, 2.45) is 0 Å². The molecule has 0 saturated carbocycles. The first-order valence-electron chi connectivity index (χ1n) is 2.98. The van der Waals surface area contributed by atoms with E-state index in [4.69, 9.17) is 5.11 Å². The molecule has 0 spiro atoms. The average molecular weight is 194 g/mol. The van der Waals surface area contributed by atoms with Crippen LogP contribution in [0.1, 0.15) is 0 Å². The number of nitrogens with zero attached hydrogens (tertiary/aromatic N) is 3. The van der Waals surface area contributed by atoms with E-state index in [1.165, 1.54) is 12.4 Å². The van der Waals surface area contributed by atoms with Gasteiger partial charge in [0.1, 0.15) is 12.4 Å². The van der Waals surface area contributed by atoms with Gasteiger partial charge in [-0.1, -0.05) is 4.98 Å². The van der Waals surface area contributed by atoms with Gasteiger partial charge in [-0.2, -0.15) is 0 Å². The minimum atomic E-state index is -1.14. The van der Waals surface area contributed by atoms with Gasteiger partial charge in [0.05, 0.1) is 0 Å². The smallest absolute Gasteiger partial charge is 0.479 e. The molecule has 0 aromatic carbocycles. The van der Waals surface area contributed by atoms with Gasteiger partial charge in [0.2, 0.25) is 0 Å². The van der Waals surface area contributed by atoms with Crippen molar-refractivity contribution in [1.29, 1.82) is 0 Å². The van der Waals surface area contributed by atoms with Gasteiger partial charge in [0, 0.05) is 0 Å². The van der Waals surface area contributed by atoms with E-state index in [-0.39, 0.29) is 29.6 Å².